The Morgan fingerprint density at radius 2 is 2.04 bits per heavy atom. The number of sulfonamides is 1. The molecular weight excluding hydrogens is 364 g/mol. The minimum atomic E-state index is -3.71. The first-order chi connectivity index (χ1) is 11.5. The zero-order valence-electron chi connectivity index (χ0n) is 15.0. The highest BCUT2D eigenvalue weighted by atomic mass is 35.5. The molecule has 0 spiro atoms. The fourth-order valence-electron chi connectivity index (χ4n) is 2.80. The van der Waals surface area contributed by atoms with Crippen molar-refractivity contribution in [2.24, 2.45) is 5.92 Å². The Balaban J connectivity index is 2.19. The van der Waals surface area contributed by atoms with Gasteiger partial charge in [-0.2, -0.15) is 4.31 Å². The van der Waals surface area contributed by atoms with Gasteiger partial charge in [-0.25, -0.2) is 8.42 Å². The molecule has 1 heterocycles. The van der Waals surface area contributed by atoms with Crippen LogP contribution in [0, 0.1) is 5.92 Å². The van der Waals surface area contributed by atoms with E-state index in [2.05, 4.69) is 5.32 Å². The Bertz CT molecular complexity index is 744. The van der Waals surface area contributed by atoms with Crippen LogP contribution >= 0.6 is 11.6 Å². The third kappa shape index (κ3) is 4.86. The van der Waals surface area contributed by atoms with Crippen molar-refractivity contribution in [1.29, 1.82) is 0 Å². The number of benzene rings is 1. The molecule has 0 aliphatic carbocycles. The minimum Gasteiger partial charge on any atom is -0.495 e. The molecular formula is C17H25ClN2O4S. The highest BCUT2D eigenvalue weighted by Gasteiger charge is 2.34. The number of rotatable bonds is 4. The van der Waals surface area contributed by atoms with Crippen molar-refractivity contribution in [3.8, 4) is 5.75 Å². The molecule has 1 unspecified atom stereocenters. The van der Waals surface area contributed by atoms with Gasteiger partial charge >= 0.3 is 0 Å². The Morgan fingerprint density at radius 3 is 2.60 bits per heavy atom. The zero-order valence-corrected chi connectivity index (χ0v) is 16.6. The van der Waals surface area contributed by atoms with Gasteiger partial charge in [-0.15, -0.1) is 0 Å². The number of carbonyl (C=O) groups excluding carboxylic acids is 1. The van der Waals surface area contributed by atoms with Gasteiger partial charge in [-0.1, -0.05) is 11.6 Å². The van der Waals surface area contributed by atoms with E-state index in [-0.39, 0.29) is 33.8 Å². The van der Waals surface area contributed by atoms with Crippen molar-refractivity contribution < 1.29 is 17.9 Å². The Hall–Kier alpha value is -1.31. The normalized spacial score (nSPS) is 19.5. The highest BCUT2D eigenvalue weighted by Crippen LogP contribution is 2.30. The van der Waals surface area contributed by atoms with E-state index in [0.29, 0.717) is 25.1 Å². The molecule has 1 aliphatic rings. The maximum atomic E-state index is 12.9. The summed E-state index contributed by atoms with van der Waals surface area (Å²) in [7, 11) is -2.24. The predicted molar refractivity (Wildman–Crippen MR) is 97.4 cm³/mol. The third-order valence-corrected chi connectivity index (χ3v) is 6.17. The Morgan fingerprint density at radius 1 is 1.36 bits per heavy atom. The first kappa shape index (κ1) is 20.0. The van der Waals surface area contributed by atoms with Crippen molar-refractivity contribution in [3.05, 3.63) is 23.2 Å². The summed E-state index contributed by atoms with van der Waals surface area (Å²) in [5.41, 5.74) is -0.345. The van der Waals surface area contributed by atoms with E-state index in [4.69, 9.17) is 16.3 Å². The van der Waals surface area contributed by atoms with Crippen LogP contribution in [0.3, 0.4) is 0 Å². The number of ether oxygens (including phenoxy) is 1. The summed E-state index contributed by atoms with van der Waals surface area (Å²) in [4.78, 5) is 12.5. The Kier molecular flexibility index (Phi) is 6.01. The number of nitrogens with zero attached hydrogens (tertiary/aromatic N) is 1. The monoisotopic (exact) mass is 388 g/mol. The summed E-state index contributed by atoms with van der Waals surface area (Å²) < 4.78 is 32.2. The summed E-state index contributed by atoms with van der Waals surface area (Å²) in [5.74, 6) is -0.0432. The number of hydrogen-bond acceptors (Lipinski definition) is 4. The third-order valence-electron chi connectivity index (χ3n) is 4.01. The number of halogens is 1. The predicted octanol–water partition coefficient (Wildman–Crippen LogP) is 2.66. The molecule has 1 aliphatic heterocycles. The SMILES string of the molecule is COc1ccc(S(=O)(=O)N2CCCC(C(=O)NC(C)(C)C)C2)cc1Cl. The van der Waals surface area contributed by atoms with Gasteiger partial charge in [0.25, 0.3) is 0 Å². The second-order valence-corrected chi connectivity index (χ2v) is 9.58. The number of hydrogen-bond donors (Lipinski definition) is 1. The van der Waals surface area contributed by atoms with E-state index in [1.807, 2.05) is 20.8 Å². The minimum absolute atomic E-state index is 0.107. The standard InChI is InChI=1S/C17H25ClN2O4S/c1-17(2,3)19-16(21)12-6-5-9-20(11-12)25(22,23)13-7-8-15(24-4)14(18)10-13/h7-8,10,12H,5-6,9,11H2,1-4H3,(H,19,21). The van der Waals surface area contributed by atoms with Crippen molar-refractivity contribution >= 4 is 27.5 Å². The molecule has 1 N–H and O–H groups in total. The van der Waals surface area contributed by atoms with Crippen LogP contribution in [0.4, 0.5) is 0 Å². The molecule has 1 atom stereocenters. The molecule has 140 valence electrons. The van der Waals surface area contributed by atoms with Crippen LogP contribution in [0.15, 0.2) is 23.1 Å². The number of piperidine rings is 1. The van der Waals surface area contributed by atoms with Gasteiger partial charge in [-0.05, 0) is 51.8 Å². The lowest BCUT2D eigenvalue weighted by atomic mass is 9.97. The van der Waals surface area contributed by atoms with Gasteiger partial charge < -0.3 is 10.1 Å². The largest absolute Gasteiger partial charge is 0.495 e. The first-order valence-corrected chi connectivity index (χ1v) is 10.0. The molecule has 1 fully saturated rings. The van der Waals surface area contributed by atoms with Gasteiger partial charge in [-0.3, -0.25) is 4.79 Å². The van der Waals surface area contributed by atoms with Crippen LogP contribution in [0.5, 0.6) is 5.75 Å². The number of nitrogens with one attached hydrogen (secondary N) is 1. The van der Waals surface area contributed by atoms with Crippen molar-refractivity contribution in [1.82, 2.24) is 9.62 Å². The smallest absolute Gasteiger partial charge is 0.243 e. The molecule has 0 bridgehead atoms. The zero-order chi connectivity index (χ0) is 18.8. The fraction of sp³-hybridized carbons (Fsp3) is 0.588. The van der Waals surface area contributed by atoms with Gasteiger partial charge in [0.15, 0.2) is 0 Å². The highest BCUT2D eigenvalue weighted by molar-refractivity contribution is 7.89. The van der Waals surface area contributed by atoms with Crippen LogP contribution < -0.4 is 10.1 Å². The molecule has 1 amide bonds. The molecule has 25 heavy (non-hydrogen) atoms. The second kappa shape index (κ2) is 7.51. The topological polar surface area (TPSA) is 75.7 Å². The van der Waals surface area contributed by atoms with Crippen LogP contribution in [0.25, 0.3) is 0 Å². The second-order valence-electron chi connectivity index (χ2n) is 7.24. The fourth-order valence-corrected chi connectivity index (χ4v) is 4.68. The average molecular weight is 389 g/mol. The van der Waals surface area contributed by atoms with E-state index >= 15 is 0 Å². The summed E-state index contributed by atoms with van der Waals surface area (Å²) in [6.07, 6.45) is 1.32. The molecule has 2 rings (SSSR count). The van der Waals surface area contributed by atoms with Crippen LogP contribution in [0.2, 0.25) is 5.02 Å². The van der Waals surface area contributed by atoms with E-state index in [1.165, 1.54) is 29.6 Å². The summed E-state index contributed by atoms with van der Waals surface area (Å²) in [6, 6.07) is 4.39. The van der Waals surface area contributed by atoms with Gasteiger partial charge in [0.05, 0.1) is 22.9 Å². The Labute approximate surface area is 154 Å². The first-order valence-electron chi connectivity index (χ1n) is 8.20. The number of amides is 1. The maximum Gasteiger partial charge on any atom is 0.243 e. The maximum absolute atomic E-state index is 12.9. The molecule has 0 saturated carbocycles. The number of methoxy groups -OCH3 is 1. The summed E-state index contributed by atoms with van der Waals surface area (Å²) >= 11 is 6.05. The lowest BCUT2D eigenvalue weighted by Crippen LogP contribution is -2.49. The van der Waals surface area contributed by atoms with Crippen LogP contribution in [0.1, 0.15) is 33.6 Å². The van der Waals surface area contributed by atoms with Crippen molar-refractivity contribution in [2.75, 3.05) is 20.2 Å². The van der Waals surface area contributed by atoms with Gasteiger partial charge in [0.1, 0.15) is 5.75 Å². The molecule has 1 saturated heterocycles. The van der Waals surface area contributed by atoms with Crippen molar-refractivity contribution in [2.45, 2.75) is 44.0 Å². The summed E-state index contributed by atoms with van der Waals surface area (Å²) in [6.45, 7) is 6.28. The number of carbonyl (C=O) groups is 1. The molecule has 8 heteroatoms. The lowest BCUT2D eigenvalue weighted by molar-refractivity contribution is -0.127. The average Bonchev–Trinajstić information content (AvgIpc) is 2.53. The van der Waals surface area contributed by atoms with Crippen LogP contribution in [-0.4, -0.2) is 44.4 Å². The van der Waals surface area contributed by atoms with E-state index in [0.717, 1.165) is 0 Å². The van der Waals surface area contributed by atoms with Crippen LogP contribution in [-0.2, 0) is 14.8 Å². The molecule has 6 nitrogen and oxygen atoms in total. The van der Waals surface area contributed by atoms with E-state index in [1.54, 1.807) is 0 Å². The molecule has 0 radical (unpaired) electrons. The van der Waals surface area contributed by atoms with Gasteiger partial charge in [0, 0.05) is 18.6 Å². The van der Waals surface area contributed by atoms with Crippen molar-refractivity contribution in [3.63, 3.8) is 0 Å². The van der Waals surface area contributed by atoms with E-state index < -0.39 is 10.0 Å². The molecule has 1 aromatic carbocycles. The summed E-state index contributed by atoms with van der Waals surface area (Å²) in [5, 5.41) is 3.17. The molecule has 0 aromatic heterocycles. The van der Waals surface area contributed by atoms with Gasteiger partial charge in [0.2, 0.25) is 15.9 Å². The van der Waals surface area contributed by atoms with E-state index in [9.17, 15) is 13.2 Å². The quantitative estimate of drug-likeness (QED) is 0.860. The lowest BCUT2D eigenvalue weighted by Gasteiger charge is -2.33. The molecule has 1 aromatic rings.